The van der Waals surface area contributed by atoms with E-state index < -0.39 is 16.9 Å². The Morgan fingerprint density at radius 2 is 2.22 bits per heavy atom. The summed E-state index contributed by atoms with van der Waals surface area (Å²) in [5.41, 5.74) is 6.56. The number of hydrogen-bond donors (Lipinski definition) is 2. The molecule has 0 aromatic heterocycles. The summed E-state index contributed by atoms with van der Waals surface area (Å²) in [6, 6.07) is 3.92. The molecule has 0 fully saturated rings. The van der Waals surface area contributed by atoms with Gasteiger partial charge in [-0.3, -0.25) is 14.9 Å². The van der Waals surface area contributed by atoms with Gasteiger partial charge in [0.05, 0.1) is 11.0 Å². The molecule has 98 valence electrons. The second-order valence-electron chi connectivity index (χ2n) is 4.16. The molecule has 6 nitrogen and oxygen atoms in total. The van der Waals surface area contributed by atoms with Crippen molar-refractivity contribution in [2.45, 2.75) is 32.7 Å². The van der Waals surface area contributed by atoms with Gasteiger partial charge < -0.3 is 11.1 Å². The van der Waals surface area contributed by atoms with E-state index in [0.29, 0.717) is 6.42 Å². The minimum atomic E-state index is -0.643. The van der Waals surface area contributed by atoms with E-state index >= 15 is 0 Å². The highest BCUT2D eigenvalue weighted by Crippen LogP contribution is 2.25. The van der Waals surface area contributed by atoms with Crippen molar-refractivity contribution in [3.05, 3.63) is 33.9 Å². The van der Waals surface area contributed by atoms with Gasteiger partial charge in [-0.2, -0.15) is 0 Å². The van der Waals surface area contributed by atoms with Gasteiger partial charge in [0, 0.05) is 6.07 Å². The number of hydrogen-bond acceptors (Lipinski definition) is 4. The molecule has 0 unspecified atom stereocenters. The van der Waals surface area contributed by atoms with Gasteiger partial charge in [0.15, 0.2) is 0 Å². The first-order valence-electron chi connectivity index (χ1n) is 5.77. The zero-order valence-electron chi connectivity index (χ0n) is 10.5. The topological polar surface area (TPSA) is 98.3 Å². The highest BCUT2D eigenvalue weighted by atomic mass is 16.6. The number of nitrogens with zero attached hydrogens (tertiary/aromatic N) is 1. The summed E-state index contributed by atoms with van der Waals surface area (Å²) >= 11 is 0. The molecule has 18 heavy (non-hydrogen) atoms. The fourth-order valence-electron chi connectivity index (χ4n) is 1.58. The third-order valence-corrected chi connectivity index (χ3v) is 2.54. The van der Waals surface area contributed by atoms with Crippen LogP contribution in [0, 0.1) is 17.0 Å². The van der Waals surface area contributed by atoms with Gasteiger partial charge in [-0.25, -0.2) is 0 Å². The van der Waals surface area contributed by atoms with Gasteiger partial charge in [-0.1, -0.05) is 19.4 Å². The smallest absolute Gasteiger partial charge is 0.292 e. The van der Waals surface area contributed by atoms with Gasteiger partial charge in [0.25, 0.3) is 5.69 Å². The van der Waals surface area contributed by atoms with Crippen LogP contribution >= 0.6 is 0 Å². The first-order valence-corrected chi connectivity index (χ1v) is 5.77. The summed E-state index contributed by atoms with van der Waals surface area (Å²) in [5.74, 6) is -0.398. The highest BCUT2D eigenvalue weighted by molar-refractivity contribution is 5.96. The number of nitro groups is 1. The van der Waals surface area contributed by atoms with Gasteiger partial charge in [0.2, 0.25) is 5.91 Å². The largest absolute Gasteiger partial charge is 0.320 e. The van der Waals surface area contributed by atoms with Crippen LogP contribution in [0.1, 0.15) is 25.3 Å². The first kappa shape index (κ1) is 14.1. The van der Waals surface area contributed by atoms with Crippen molar-refractivity contribution >= 4 is 17.3 Å². The predicted molar refractivity (Wildman–Crippen MR) is 69.3 cm³/mol. The normalized spacial score (nSPS) is 11.9. The third-order valence-electron chi connectivity index (χ3n) is 2.54. The van der Waals surface area contributed by atoms with Crippen molar-refractivity contribution in [1.82, 2.24) is 0 Å². The van der Waals surface area contributed by atoms with Crippen molar-refractivity contribution < 1.29 is 9.72 Å². The second kappa shape index (κ2) is 6.11. The van der Waals surface area contributed by atoms with E-state index in [0.717, 1.165) is 12.0 Å². The van der Waals surface area contributed by atoms with Gasteiger partial charge >= 0.3 is 0 Å². The third kappa shape index (κ3) is 3.53. The number of benzene rings is 1. The van der Waals surface area contributed by atoms with Crippen LogP contribution < -0.4 is 11.1 Å². The van der Waals surface area contributed by atoms with Crippen LogP contribution in [0.15, 0.2) is 18.2 Å². The van der Waals surface area contributed by atoms with Crippen LogP contribution in [0.25, 0.3) is 0 Å². The molecular weight excluding hydrogens is 234 g/mol. The molecule has 3 N–H and O–H groups in total. The van der Waals surface area contributed by atoms with E-state index in [9.17, 15) is 14.9 Å². The molecule has 0 radical (unpaired) electrons. The van der Waals surface area contributed by atoms with Crippen molar-refractivity contribution in [1.29, 1.82) is 0 Å². The number of nitro benzene ring substituents is 1. The number of carbonyl (C=O) groups excluding carboxylic acids is 1. The molecule has 0 saturated carbocycles. The van der Waals surface area contributed by atoms with Gasteiger partial charge in [-0.05, 0) is 25.0 Å². The monoisotopic (exact) mass is 251 g/mol. The van der Waals surface area contributed by atoms with E-state index in [1.807, 2.05) is 6.92 Å². The predicted octanol–water partition coefficient (Wildman–Crippen LogP) is 1.97. The summed E-state index contributed by atoms with van der Waals surface area (Å²) in [7, 11) is 0. The van der Waals surface area contributed by atoms with Crippen molar-refractivity contribution in [2.75, 3.05) is 5.32 Å². The fourth-order valence-corrected chi connectivity index (χ4v) is 1.58. The average molecular weight is 251 g/mol. The highest BCUT2D eigenvalue weighted by Gasteiger charge is 2.18. The van der Waals surface area contributed by atoms with Crippen LogP contribution in [-0.4, -0.2) is 16.9 Å². The minimum absolute atomic E-state index is 0.127. The Morgan fingerprint density at radius 3 is 2.78 bits per heavy atom. The zero-order chi connectivity index (χ0) is 13.7. The van der Waals surface area contributed by atoms with E-state index in [1.54, 1.807) is 19.1 Å². The van der Waals surface area contributed by atoms with Crippen molar-refractivity contribution in [2.24, 2.45) is 5.73 Å². The first-order chi connectivity index (χ1) is 8.45. The molecular formula is C12H17N3O3. The fraction of sp³-hybridized carbons (Fsp3) is 0.417. The van der Waals surface area contributed by atoms with E-state index in [4.69, 9.17) is 5.73 Å². The Morgan fingerprint density at radius 1 is 1.56 bits per heavy atom. The Kier molecular flexibility index (Phi) is 4.79. The lowest BCUT2D eigenvalue weighted by molar-refractivity contribution is -0.383. The summed E-state index contributed by atoms with van der Waals surface area (Å²) in [6.45, 7) is 3.72. The molecule has 1 aromatic carbocycles. The molecule has 1 rings (SSSR count). The second-order valence-corrected chi connectivity index (χ2v) is 4.16. The molecule has 0 bridgehead atoms. The maximum absolute atomic E-state index is 11.7. The molecule has 0 heterocycles. The summed E-state index contributed by atoms with van der Waals surface area (Å²) in [5, 5.41) is 13.3. The van der Waals surface area contributed by atoms with E-state index in [-0.39, 0.29) is 11.4 Å². The maximum atomic E-state index is 11.7. The molecule has 0 aliphatic heterocycles. The molecule has 6 heteroatoms. The number of nitrogens with one attached hydrogen (secondary N) is 1. The molecule has 1 aromatic rings. The number of anilines is 1. The van der Waals surface area contributed by atoms with Crippen LogP contribution in [-0.2, 0) is 4.79 Å². The lowest BCUT2D eigenvalue weighted by Gasteiger charge is -2.11. The number of rotatable bonds is 5. The minimum Gasteiger partial charge on any atom is -0.320 e. The van der Waals surface area contributed by atoms with Crippen molar-refractivity contribution in [3.63, 3.8) is 0 Å². The lowest BCUT2D eigenvalue weighted by Crippen LogP contribution is -2.35. The number of carbonyl (C=O) groups is 1. The molecule has 0 aliphatic rings. The molecule has 1 atom stereocenters. The maximum Gasteiger partial charge on any atom is 0.292 e. The van der Waals surface area contributed by atoms with Crippen molar-refractivity contribution in [3.8, 4) is 0 Å². The molecule has 1 amide bonds. The molecule has 0 aliphatic carbocycles. The molecule has 0 saturated heterocycles. The number of nitrogens with two attached hydrogens (primary N) is 1. The van der Waals surface area contributed by atoms with E-state index in [2.05, 4.69) is 5.32 Å². The Bertz CT molecular complexity index is 460. The average Bonchev–Trinajstić information content (AvgIpc) is 2.28. The van der Waals surface area contributed by atoms with Gasteiger partial charge in [-0.15, -0.1) is 0 Å². The standard InChI is InChI=1S/C12H17N3O3/c1-3-4-9(13)12(16)14-10-7-8(2)5-6-11(10)15(17)18/h5-7,9H,3-4,13H2,1-2H3,(H,14,16)/t9-/m0/s1. The lowest BCUT2D eigenvalue weighted by atomic mass is 10.1. The number of aryl methyl sites for hydroxylation is 1. The Balaban J connectivity index is 2.92. The summed E-state index contributed by atoms with van der Waals surface area (Å²) in [4.78, 5) is 22.0. The quantitative estimate of drug-likeness (QED) is 0.617. The Labute approximate surface area is 105 Å². The molecule has 0 spiro atoms. The van der Waals surface area contributed by atoms with Gasteiger partial charge in [0.1, 0.15) is 5.69 Å². The van der Waals surface area contributed by atoms with Crippen LogP contribution in [0.3, 0.4) is 0 Å². The van der Waals surface area contributed by atoms with E-state index in [1.165, 1.54) is 6.07 Å². The Hall–Kier alpha value is -1.95. The van der Waals surface area contributed by atoms with Crippen LogP contribution in [0.4, 0.5) is 11.4 Å². The summed E-state index contributed by atoms with van der Waals surface area (Å²) < 4.78 is 0. The summed E-state index contributed by atoms with van der Waals surface area (Å²) in [6.07, 6.45) is 1.33. The van der Waals surface area contributed by atoms with Crippen LogP contribution in [0.5, 0.6) is 0 Å². The SMILES string of the molecule is CCC[C@H](N)C(=O)Nc1cc(C)ccc1[N+](=O)[O-]. The zero-order valence-corrected chi connectivity index (χ0v) is 10.5. The van der Waals surface area contributed by atoms with Crippen LogP contribution in [0.2, 0.25) is 0 Å². The number of amides is 1.